The summed E-state index contributed by atoms with van der Waals surface area (Å²) < 4.78 is 0. The number of aliphatic hydroxyl groups excluding tert-OH is 1. The zero-order valence-electron chi connectivity index (χ0n) is 9.36. The maximum absolute atomic E-state index is 9.81. The van der Waals surface area contributed by atoms with E-state index < -0.39 is 0 Å². The Balaban J connectivity index is 1.46. The van der Waals surface area contributed by atoms with E-state index in [9.17, 15) is 5.11 Å². The van der Waals surface area contributed by atoms with Crippen LogP contribution in [0.5, 0.6) is 0 Å². The van der Waals surface area contributed by atoms with Crippen LogP contribution in [0.15, 0.2) is 0 Å². The van der Waals surface area contributed by atoms with Crippen molar-refractivity contribution in [2.75, 3.05) is 26.2 Å². The van der Waals surface area contributed by atoms with E-state index >= 15 is 0 Å². The summed E-state index contributed by atoms with van der Waals surface area (Å²) in [5.41, 5.74) is 0. The van der Waals surface area contributed by atoms with E-state index in [4.69, 9.17) is 0 Å². The second-order valence-corrected chi connectivity index (χ2v) is 5.56. The molecule has 3 saturated heterocycles. The molecule has 2 bridgehead atoms. The molecule has 2 unspecified atom stereocenters. The molecule has 0 aromatic carbocycles. The summed E-state index contributed by atoms with van der Waals surface area (Å²) in [4.78, 5) is 2.56. The van der Waals surface area contributed by atoms with Gasteiger partial charge in [-0.2, -0.15) is 0 Å². The minimum atomic E-state index is -0.0829. The van der Waals surface area contributed by atoms with E-state index in [-0.39, 0.29) is 6.10 Å². The van der Waals surface area contributed by atoms with E-state index in [1.807, 2.05) is 0 Å². The molecule has 15 heavy (non-hydrogen) atoms. The normalized spacial score (nSPS) is 41.8. The van der Waals surface area contributed by atoms with Gasteiger partial charge in [-0.1, -0.05) is 0 Å². The van der Waals surface area contributed by atoms with Crippen molar-refractivity contribution < 1.29 is 5.11 Å². The lowest BCUT2D eigenvalue weighted by atomic mass is 9.84. The lowest BCUT2D eigenvalue weighted by molar-refractivity contribution is 0.0609. The van der Waals surface area contributed by atoms with Crippen molar-refractivity contribution >= 4 is 0 Å². The highest BCUT2D eigenvalue weighted by Gasteiger charge is 2.35. The van der Waals surface area contributed by atoms with Gasteiger partial charge in [-0.05, 0) is 50.6 Å². The Bertz CT molecular complexity index is 222. The zero-order valence-corrected chi connectivity index (χ0v) is 9.36. The first-order valence-electron chi connectivity index (χ1n) is 6.47. The van der Waals surface area contributed by atoms with E-state index in [2.05, 4.69) is 10.2 Å². The van der Waals surface area contributed by atoms with Gasteiger partial charge in [0, 0.05) is 19.1 Å². The van der Waals surface area contributed by atoms with Gasteiger partial charge in [-0.3, -0.25) is 0 Å². The summed E-state index contributed by atoms with van der Waals surface area (Å²) in [6.45, 7) is 4.63. The smallest absolute Gasteiger partial charge is 0.0692 e. The number of piperidine rings is 3. The number of hydrogen-bond acceptors (Lipinski definition) is 3. The molecule has 2 N–H and O–H groups in total. The van der Waals surface area contributed by atoms with E-state index in [0.717, 1.165) is 12.5 Å². The predicted molar refractivity (Wildman–Crippen MR) is 59.7 cm³/mol. The van der Waals surface area contributed by atoms with Crippen LogP contribution in [-0.2, 0) is 0 Å². The Labute approximate surface area is 91.8 Å². The fourth-order valence-corrected chi connectivity index (χ4v) is 3.12. The molecule has 0 radical (unpaired) electrons. The highest BCUT2D eigenvalue weighted by Crippen LogP contribution is 2.33. The number of nitrogens with zero attached hydrogens (tertiary/aromatic N) is 1. The summed E-state index contributed by atoms with van der Waals surface area (Å²) in [6, 6.07) is 0.654. The number of aliphatic hydroxyl groups is 1. The van der Waals surface area contributed by atoms with Gasteiger partial charge < -0.3 is 15.3 Å². The summed E-state index contributed by atoms with van der Waals surface area (Å²) >= 11 is 0. The molecule has 4 aliphatic rings. The Hall–Kier alpha value is -0.120. The second kappa shape index (κ2) is 4.04. The van der Waals surface area contributed by atoms with Crippen LogP contribution in [0.25, 0.3) is 0 Å². The molecule has 0 aromatic heterocycles. The van der Waals surface area contributed by atoms with Gasteiger partial charge >= 0.3 is 0 Å². The number of fused-ring (bicyclic) bond motifs is 3. The van der Waals surface area contributed by atoms with E-state index in [0.29, 0.717) is 12.0 Å². The second-order valence-electron chi connectivity index (χ2n) is 5.56. The average Bonchev–Trinajstić information content (AvgIpc) is 3.11. The lowest BCUT2D eigenvalue weighted by Gasteiger charge is -2.45. The standard InChI is InChI=1S/C12H22N2O/c15-12(10-1-2-10)7-13-11-8-14-5-3-9(11)4-6-14/h9-13,15H,1-8H2. The maximum atomic E-state index is 9.81. The first-order valence-corrected chi connectivity index (χ1v) is 6.47. The predicted octanol–water partition coefficient (Wildman–Crippen LogP) is 0.441. The van der Waals surface area contributed by atoms with Crippen LogP contribution < -0.4 is 5.32 Å². The summed E-state index contributed by atoms with van der Waals surface area (Å²) in [7, 11) is 0. The molecule has 0 aromatic rings. The van der Waals surface area contributed by atoms with Crippen molar-refractivity contribution in [1.82, 2.24) is 10.2 Å². The summed E-state index contributed by atoms with van der Waals surface area (Å²) in [5.74, 6) is 1.49. The third-order valence-electron chi connectivity index (χ3n) is 4.41. The van der Waals surface area contributed by atoms with Crippen molar-refractivity contribution in [2.45, 2.75) is 37.8 Å². The van der Waals surface area contributed by atoms with Crippen molar-refractivity contribution in [3.63, 3.8) is 0 Å². The van der Waals surface area contributed by atoms with Crippen molar-refractivity contribution in [3.8, 4) is 0 Å². The van der Waals surface area contributed by atoms with Crippen LogP contribution in [-0.4, -0.2) is 48.3 Å². The monoisotopic (exact) mass is 210 g/mol. The van der Waals surface area contributed by atoms with Crippen LogP contribution >= 0.6 is 0 Å². The molecular formula is C12H22N2O. The fraction of sp³-hybridized carbons (Fsp3) is 1.00. The molecule has 2 atom stereocenters. The highest BCUT2D eigenvalue weighted by molar-refractivity contribution is 4.92. The zero-order chi connectivity index (χ0) is 10.3. The number of rotatable bonds is 4. The van der Waals surface area contributed by atoms with Gasteiger partial charge in [0.1, 0.15) is 0 Å². The van der Waals surface area contributed by atoms with Crippen LogP contribution in [0, 0.1) is 11.8 Å². The minimum Gasteiger partial charge on any atom is -0.392 e. The molecular weight excluding hydrogens is 188 g/mol. The van der Waals surface area contributed by atoms with Gasteiger partial charge in [-0.15, -0.1) is 0 Å². The van der Waals surface area contributed by atoms with Crippen molar-refractivity contribution in [1.29, 1.82) is 0 Å². The first kappa shape index (κ1) is 10.1. The van der Waals surface area contributed by atoms with Gasteiger partial charge in [0.15, 0.2) is 0 Å². The van der Waals surface area contributed by atoms with Crippen molar-refractivity contribution in [3.05, 3.63) is 0 Å². The molecule has 1 aliphatic carbocycles. The largest absolute Gasteiger partial charge is 0.392 e. The number of nitrogens with one attached hydrogen (secondary N) is 1. The molecule has 3 heterocycles. The van der Waals surface area contributed by atoms with Crippen molar-refractivity contribution in [2.24, 2.45) is 11.8 Å². The third-order valence-corrected chi connectivity index (χ3v) is 4.41. The van der Waals surface area contributed by atoms with Crippen LogP contribution in [0.1, 0.15) is 25.7 Å². The Morgan fingerprint density at radius 3 is 2.47 bits per heavy atom. The SMILES string of the molecule is OC(CNC1CN2CCC1CC2)C1CC1. The summed E-state index contributed by atoms with van der Waals surface area (Å²) in [6.07, 6.45) is 5.11. The van der Waals surface area contributed by atoms with Gasteiger partial charge in [0.2, 0.25) is 0 Å². The first-order chi connectivity index (χ1) is 7.33. The summed E-state index contributed by atoms with van der Waals surface area (Å²) in [5, 5.41) is 13.4. The van der Waals surface area contributed by atoms with Gasteiger partial charge in [0.25, 0.3) is 0 Å². The molecule has 0 amide bonds. The Morgan fingerprint density at radius 1 is 1.20 bits per heavy atom. The highest BCUT2D eigenvalue weighted by atomic mass is 16.3. The quantitative estimate of drug-likeness (QED) is 0.707. The Kier molecular flexibility index (Phi) is 2.71. The average molecular weight is 210 g/mol. The topological polar surface area (TPSA) is 35.5 Å². The lowest BCUT2D eigenvalue weighted by Crippen LogP contribution is -2.57. The maximum Gasteiger partial charge on any atom is 0.0692 e. The molecule has 3 nitrogen and oxygen atoms in total. The Morgan fingerprint density at radius 2 is 1.93 bits per heavy atom. The molecule has 4 rings (SSSR count). The van der Waals surface area contributed by atoms with Crippen LogP contribution in [0.3, 0.4) is 0 Å². The van der Waals surface area contributed by atoms with E-state index in [1.165, 1.54) is 45.3 Å². The molecule has 3 aliphatic heterocycles. The number of hydrogen-bond donors (Lipinski definition) is 2. The molecule has 3 heteroatoms. The third kappa shape index (κ3) is 2.19. The van der Waals surface area contributed by atoms with Gasteiger partial charge in [0.05, 0.1) is 6.10 Å². The van der Waals surface area contributed by atoms with Gasteiger partial charge in [-0.25, -0.2) is 0 Å². The van der Waals surface area contributed by atoms with Crippen LogP contribution in [0.2, 0.25) is 0 Å². The molecule has 1 saturated carbocycles. The van der Waals surface area contributed by atoms with Crippen LogP contribution in [0.4, 0.5) is 0 Å². The molecule has 4 fully saturated rings. The minimum absolute atomic E-state index is 0.0829. The van der Waals surface area contributed by atoms with E-state index in [1.54, 1.807) is 0 Å². The molecule has 86 valence electrons. The fourth-order valence-electron chi connectivity index (χ4n) is 3.12. The molecule has 0 spiro atoms.